The topological polar surface area (TPSA) is 17.1 Å². The molecule has 12 heavy (non-hydrogen) atoms. The van der Waals surface area contributed by atoms with E-state index in [9.17, 15) is 4.79 Å². The van der Waals surface area contributed by atoms with Gasteiger partial charge in [-0.15, -0.1) is 0 Å². The first-order valence-electron chi connectivity index (χ1n) is 4.92. The van der Waals surface area contributed by atoms with Gasteiger partial charge < -0.3 is 0 Å². The molecule has 0 aromatic rings. The van der Waals surface area contributed by atoms with E-state index in [2.05, 4.69) is 13.8 Å². The van der Waals surface area contributed by atoms with Crippen molar-refractivity contribution in [1.29, 1.82) is 0 Å². The Balaban J connectivity index is 2.31. The van der Waals surface area contributed by atoms with Crippen LogP contribution in [0.15, 0.2) is 11.6 Å². The first-order valence-corrected chi connectivity index (χ1v) is 4.92. The molecule has 0 heterocycles. The van der Waals surface area contributed by atoms with E-state index in [1.807, 2.05) is 6.08 Å². The van der Waals surface area contributed by atoms with E-state index in [4.69, 9.17) is 0 Å². The van der Waals surface area contributed by atoms with Crippen LogP contribution in [0.1, 0.15) is 33.1 Å². The molecule has 0 amide bonds. The van der Waals surface area contributed by atoms with Crippen LogP contribution in [0, 0.1) is 17.8 Å². The molecule has 2 aliphatic carbocycles. The van der Waals surface area contributed by atoms with Crippen LogP contribution in [-0.2, 0) is 4.79 Å². The fraction of sp³-hybridized carbons (Fsp3) is 0.727. The standard InChI is InChI=1S/C11H16O/c1-7-6-11(12)8(2)10-5-3-4-9(7)10/h6,8-10H,3-5H2,1-2H3/t8-,9-,10?/m0/s1. The van der Waals surface area contributed by atoms with Crippen molar-refractivity contribution in [2.24, 2.45) is 17.8 Å². The Labute approximate surface area is 73.8 Å². The monoisotopic (exact) mass is 164 g/mol. The van der Waals surface area contributed by atoms with E-state index < -0.39 is 0 Å². The molecule has 1 saturated carbocycles. The summed E-state index contributed by atoms with van der Waals surface area (Å²) in [5.41, 5.74) is 1.33. The Morgan fingerprint density at radius 1 is 1.42 bits per heavy atom. The van der Waals surface area contributed by atoms with Crippen molar-refractivity contribution in [3.05, 3.63) is 11.6 Å². The second-order valence-electron chi connectivity index (χ2n) is 4.28. The van der Waals surface area contributed by atoms with Gasteiger partial charge in [-0.2, -0.15) is 0 Å². The van der Waals surface area contributed by atoms with Crippen LogP contribution in [-0.4, -0.2) is 5.78 Å². The van der Waals surface area contributed by atoms with E-state index in [0.29, 0.717) is 17.6 Å². The van der Waals surface area contributed by atoms with Crippen molar-refractivity contribution in [2.75, 3.05) is 0 Å². The average molecular weight is 164 g/mol. The van der Waals surface area contributed by atoms with Crippen molar-refractivity contribution >= 4 is 5.78 Å². The van der Waals surface area contributed by atoms with Crippen LogP contribution < -0.4 is 0 Å². The number of ketones is 1. The van der Waals surface area contributed by atoms with Gasteiger partial charge >= 0.3 is 0 Å². The largest absolute Gasteiger partial charge is 0.295 e. The molecular formula is C11H16O. The zero-order valence-corrected chi connectivity index (χ0v) is 7.84. The maximum absolute atomic E-state index is 11.5. The van der Waals surface area contributed by atoms with E-state index >= 15 is 0 Å². The fourth-order valence-electron chi connectivity index (χ4n) is 2.83. The number of fused-ring (bicyclic) bond motifs is 1. The van der Waals surface area contributed by atoms with E-state index in [1.54, 1.807) is 0 Å². The molecule has 0 aromatic heterocycles. The number of hydrogen-bond donors (Lipinski definition) is 0. The van der Waals surface area contributed by atoms with Gasteiger partial charge in [-0.05, 0) is 37.7 Å². The quantitative estimate of drug-likeness (QED) is 0.537. The van der Waals surface area contributed by atoms with Gasteiger partial charge in [-0.25, -0.2) is 0 Å². The molecule has 0 bridgehead atoms. The lowest BCUT2D eigenvalue weighted by Gasteiger charge is -2.29. The molecule has 1 nitrogen and oxygen atoms in total. The first-order chi connectivity index (χ1) is 5.70. The summed E-state index contributed by atoms with van der Waals surface area (Å²) in [5.74, 6) is 2.05. The zero-order chi connectivity index (χ0) is 8.72. The molecule has 1 fully saturated rings. The summed E-state index contributed by atoms with van der Waals surface area (Å²) >= 11 is 0. The van der Waals surface area contributed by atoms with E-state index in [-0.39, 0.29) is 0 Å². The van der Waals surface area contributed by atoms with Crippen LogP contribution in [0.3, 0.4) is 0 Å². The third-order valence-corrected chi connectivity index (χ3v) is 3.62. The Bertz CT molecular complexity index is 239. The lowest BCUT2D eigenvalue weighted by Crippen LogP contribution is -2.28. The average Bonchev–Trinajstić information content (AvgIpc) is 2.48. The molecule has 66 valence electrons. The highest BCUT2D eigenvalue weighted by molar-refractivity contribution is 5.93. The number of carbonyl (C=O) groups is 1. The number of rotatable bonds is 0. The highest BCUT2D eigenvalue weighted by atomic mass is 16.1. The van der Waals surface area contributed by atoms with Gasteiger partial charge in [-0.3, -0.25) is 4.79 Å². The van der Waals surface area contributed by atoms with E-state index in [0.717, 1.165) is 5.92 Å². The molecule has 0 aromatic carbocycles. The van der Waals surface area contributed by atoms with Crippen molar-refractivity contribution in [3.63, 3.8) is 0 Å². The minimum absolute atomic E-state index is 0.293. The van der Waals surface area contributed by atoms with Gasteiger partial charge in [0.05, 0.1) is 0 Å². The molecule has 1 heteroatoms. The van der Waals surface area contributed by atoms with Gasteiger partial charge in [0, 0.05) is 5.92 Å². The van der Waals surface area contributed by atoms with Crippen molar-refractivity contribution in [1.82, 2.24) is 0 Å². The van der Waals surface area contributed by atoms with Gasteiger partial charge in [-0.1, -0.05) is 18.9 Å². The molecule has 2 aliphatic rings. The summed E-state index contributed by atoms with van der Waals surface area (Å²) in [5, 5.41) is 0. The maximum atomic E-state index is 11.5. The summed E-state index contributed by atoms with van der Waals surface area (Å²) < 4.78 is 0. The van der Waals surface area contributed by atoms with Crippen molar-refractivity contribution in [3.8, 4) is 0 Å². The van der Waals surface area contributed by atoms with Gasteiger partial charge in [0.25, 0.3) is 0 Å². The van der Waals surface area contributed by atoms with Gasteiger partial charge in [0.1, 0.15) is 0 Å². The molecule has 0 radical (unpaired) electrons. The Morgan fingerprint density at radius 2 is 2.17 bits per heavy atom. The molecule has 1 unspecified atom stereocenters. The van der Waals surface area contributed by atoms with Crippen molar-refractivity contribution < 1.29 is 4.79 Å². The van der Waals surface area contributed by atoms with Gasteiger partial charge in [0.15, 0.2) is 5.78 Å². The van der Waals surface area contributed by atoms with Crippen LogP contribution in [0.2, 0.25) is 0 Å². The molecule has 2 rings (SSSR count). The number of allylic oxidation sites excluding steroid dienone is 2. The summed E-state index contributed by atoms with van der Waals surface area (Å²) in [7, 11) is 0. The second kappa shape index (κ2) is 2.72. The van der Waals surface area contributed by atoms with E-state index in [1.165, 1.54) is 24.8 Å². The molecular weight excluding hydrogens is 148 g/mol. The Kier molecular flexibility index (Phi) is 1.82. The van der Waals surface area contributed by atoms with Crippen LogP contribution in [0.4, 0.5) is 0 Å². The third kappa shape index (κ3) is 1.03. The maximum Gasteiger partial charge on any atom is 0.158 e. The van der Waals surface area contributed by atoms with Crippen molar-refractivity contribution in [2.45, 2.75) is 33.1 Å². The molecule has 3 atom stereocenters. The molecule has 0 saturated heterocycles. The third-order valence-electron chi connectivity index (χ3n) is 3.62. The minimum Gasteiger partial charge on any atom is -0.295 e. The smallest absolute Gasteiger partial charge is 0.158 e. The highest BCUT2D eigenvalue weighted by Gasteiger charge is 2.38. The lowest BCUT2D eigenvalue weighted by atomic mass is 9.74. The second-order valence-corrected chi connectivity index (χ2v) is 4.28. The Morgan fingerprint density at radius 3 is 2.92 bits per heavy atom. The number of hydrogen-bond acceptors (Lipinski definition) is 1. The molecule has 0 N–H and O–H groups in total. The lowest BCUT2D eigenvalue weighted by molar-refractivity contribution is -0.120. The predicted octanol–water partition coefficient (Wildman–Crippen LogP) is 2.57. The first kappa shape index (κ1) is 8.03. The predicted molar refractivity (Wildman–Crippen MR) is 48.8 cm³/mol. The molecule has 0 spiro atoms. The summed E-state index contributed by atoms with van der Waals surface area (Å²) in [6.07, 6.45) is 5.77. The Hall–Kier alpha value is -0.590. The molecule has 0 aliphatic heterocycles. The van der Waals surface area contributed by atoms with Crippen LogP contribution in [0.5, 0.6) is 0 Å². The normalized spacial score (nSPS) is 41.0. The van der Waals surface area contributed by atoms with Crippen LogP contribution >= 0.6 is 0 Å². The fourth-order valence-corrected chi connectivity index (χ4v) is 2.83. The van der Waals surface area contributed by atoms with Gasteiger partial charge in [0.2, 0.25) is 0 Å². The zero-order valence-electron chi connectivity index (χ0n) is 7.84. The summed E-state index contributed by atoms with van der Waals surface area (Å²) in [4.78, 5) is 11.5. The highest BCUT2D eigenvalue weighted by Crippen LogP contribution is 2.44. The number of carbonyl (C=O) groups excluding carboxylic acids is 1. The summed E-state index contributed by atoms with van der Waals surface area (Å²) in [6.45, 7) is 4.21. The van der Waals surface area contributed by atoms with Crippen LogP contribution in [0.25, 0.3) is 0 Å². The minimum atomic E-state index is 0.293. The SMILES string of the molecule is CC1=CC(=O)[C@@H](C)C2CCC[C@@H]12. The summed E-state index contributed by atoms with van der Waals surface area (Å²) in [6, 6.07) is 0.